The summed E-state index contributed by atoms with van der Waals surface area (Å²) < 4.78 is 0. The first-order valence-corrected chi connectivity index (χ1v) is 14.1. The quantitative estimate of drug-likeness (QED) is 0.250. The first kappa shape index (κ1) is 27.1. The Balaban J connectivity index is 1.32. The van der Waals surface area contributed by atoms with Crippen LogP contribution in [0.1, 0.15) is 39.4 Å². The normalized spacial score (nSPS) is 16.0. The summed E-state index contributed by atoms with van der Waals surface area (Å²) in [5.74, 6) is -0.921. The lowest BCUT2D eigenvalue weighted by Crippen LogP contribution is -2.44. The summed E-state index contributed by atoms with van der Waals surface area (Å²) in [5, 5.41) is 16.8. The Kier molecular flexibility index (Phi) is 8.51. The lowest BCUT2D eigenvalue weighted by molar-refractivity contribution is -0.117. The fraction of sp³-hybridized carbons (Fsp3) is 0.226. The number of urea groups is 1. The molecule has 0 aliphatic heterocycles. The second kappa shape index (κ2) is 12.6. The molecule has 8 nitrogen and oxygen atoms in total. The Morgan fingerprint density at radius 2 is 1.80 bits per heavy atom. The van der Waals surface area contributed by atoms with Crippen LogP contribution in [-0.4, -0.2) is 41.1 Å². The van der Waals surface area contributed by atoms with Gasteiger partial charge in [0, 0.05) is 29.7 Å². The van der Waals surface area contributed by atoms with E-state index in [1.807, 2.05) is 11.4 Å². The summed E-state index contributed by atoms with van der Waals surface area (Å²) in [6.07, 6.45) is 4.61. The van der Waals surface area contributed by atoms with Gasteiger partial charge in [-0.1, -0.05) is 60.7 Å². The van der Waals surface area contributed by atoms with E-state index in [2.05, 4.69) is 64.1 Å². The summed E-state index contributed by atoms with van der Waals surface area (Å²) in [4.78, 5) is 43.5. The number of carboxylic acid groups (broad SMARTS) is 1. The van der Waals surface area contributed by atoms with Crippen molar-refractivity contribution >= 4 is 40.1 Å². The van der Waals surface area contributed by atoms with Crippen LogP contribution >= 0.6 is 11.3 Å². The molecule has 1 aliphatic rings. The zero-order valence-electron chi connectivity index (χ0n) is 21.8. The number of rotatable bonds is 9. The number of carbonyl (C=O) groups excluding carboxylic acids is 2. The molecule has 5 rings (SSSR count). The minimum atomic E-state index is -1.09. The predicted octanol–water partition coefficient (Wildman–Crippen LogP) is 5.58. The molecule has 3 N–H and O–H groups in total. The molecule has 0 unspecified atom stereocenters. The van der Waals surface area contributed by atoms with Crippen molar-refractivity contribution in [2.75, 3.05) is 23.3 Å². The van der Waals surface area contributed by atoms with Gasteiger partial charge in [0.15, 0.2) is 5.13 Å². The Bertz CT molecular complexity index is 1480. The molecule has 1 aliphatic carbocycles. The van der Waals surface area contributed by atoms with Crippen molar-refractivity contribution in [2.45, 2.75) is 25.2 Å². The van der Waals surface area contributed by atoms with Crippen LogP contribution in [0.25, 0.3) is 0 Å². The number of benzene rings is 3. The Morgan fingerprint density at radius 3 is 2.58 bits per heavy atom. The minimum Gasteiger partial charge on any atom is -0.478 e. The van der Waals surface area contributed by atoms with Gasteiger partial charge in [-0.05, 0) is 60.1 Å². The molecule has 3 amide bonds. The monoisotopic (exact) mass is 554 g/mol. The molecule has 4 aromatic rings. The first-order chi connectivity index (χ1) is 19.5. The molecule has 204 valence electrons. The molecule has 9 heteroatoms. The smallest absolute Gasteiger partial charge is 0.335 e. The maximum atomic E-state index is 13.6. The largest absolute Gasteiger partial charge is 0.478 e. The lowest BCUT2D eigenvalue weighted by atomic mass is 9.72. The lowest BCUT2D eigenvalue weighted by Gasteiger charge is -2.36. The van der Waals surface area contributed by atoms with E-state index in [1.165, 1.54) is 40.2 Å². The number of thiazole rings is 1. The molecule has 1 heterocycles. The van der Waals surface area contributed by atoms with Gasteiger partial charge in [-0.25, -0.2) is 14.6 Å². The van der Waals surface area contributed by atoms with E-state index in [-0.39, 0.29) is 23.9 Å². The zero-order chi connectivity index (χ0) is 27.9. The van der Waals surface area contributed by atoms with E-state index in [0.717, 1.165) is 19.3 Å². The Morgan fingerprint density at radius 1 is 1.00 bits per heavy atom. The number of hydrogen-bond acceptors (Lipinski definition) is 5. The standard InChI is InChI=1S/C31H30N4O4S/c36-28(19-33-30(39)34-25-11-6-10-24(18-25)29(37)38)35(31-32-15-16-40-31)20-27-23(17-21-7-2-1-3-8-21)14-13-22-9-4-5-12-26(22)27/h1-12,15-16,18,23,27H,13-14,17,19-20H2,(H,37,38)(H2,33,34,39)/t23-,27-/m0/s1. The number of nitrogens with zero attached hydrogens (tertiary/aromatic N) is 2. The van der Waals surface area contributed by atoms with Gasteiger partial charge in [-0.2, -0.15) is 0 Å². The van der Waals surface area contributed by atoms with E-state index in [9.17, 15) is 19.5 Å². The number of carbonyl (C=O) groups is 3. The number of anilines is 2. The highest BCUT2D eigenvalue weighted by molar-refractivity contribution is 7.13. The van der Waals surface area contributed by atoms with Gasteiger partial charge in [-0.3, -0.25) is 9.69 Å². The van der Waals surface area contributed by atoms with E-state index in [1.54, 1.807) is 23.2 Å². The van der Waals surface area contributed by atoms with E-state index >= 15 is 0 Å². The topological polar surface area (TPSA) is 112 Å². The molecule has 40 heavy (non-hydrogen) atoms. The van der Waals surface area contributed by atoms with Gasteiger partial charge in [-0.15, -0.1) is 11.3 Å². The Labute approximate surface area is 236 Å². The molecule has 0 bridgehead atoms. The van der Waals surface area contributed by atoms with Gasteiger partial charge in [0.05, 0.1) is 12.1 Å². The van der Waals surface area contributed by atoms with Crippen LogP contribution in [0.4, 0.5) is 15.6 Å². The number of nitrogens with one attached hydrogen (secondary N) is 2. The van der Waals surface area contributed by atoms with Crippen LogP contribution in [0, 0.1) is 5.92 Å². The summed E-state index contributed by atoms with van der Waals surface area (Å²) in [6, 6.07) is 24.2. The van der Waals surface area contributed by atoms with Gasteiger partial charge in [0.25, 0.3) is 0 Å². The van der Waals surface area contributed by atoms with Gasteiger partial charge >= 0.3 is 12.0 Å². The van der Waals surface area contributed by atoms with Crippen molar-refractivity contribution in [3.8, 4) is 0 Å². The molecule has 3 aromatic carbocycles. The fourth-order valence-electron chi connectivity index (χ4n) is 5.32. The van der Waals surface area contributed by atoms with Crippen LogP contribution < -0.4 is 15.5 Å². The number of aromatic carboxylic acids is 1. The summed E-state index contributed by atoms with van der Waals surface area (Å²) >= 11 is 1.39. The Hall–Kier alpha value is -4.50. The maximum absolute atomic E-state index is 13.6. The highest BCUT2D eigenvalue weighted by Gasteiger charge is 2.33. The van der Waals surface area contributed by atoms with Gasteiger partial charge < -0.3 is 15.7 Å². The van der Waals surface area contributed by atoms with Crippen molar-refractivity contribution in [3.05, 3.63) is 113 Å². The number of fused-ring (bicyclic) bond motifs is 1. The van der Waals surface area contributed by atoms with Crippen molar-refractivity contribution < 1.29 is 19.5 Å². The number of aryl methyl sites for hydroxylation is 1. The van der Waals surface area contributed by atoms with Crippen molar-refractivity contribution in [2.24, 2.45) is 5.92 Å². The fourth-order valence-corrected chi connectivity index (χ4v) is 5.99. The molecule has 0 spiro atoms. The minimum absolute atomic E-state index is 0.0571. The second-order valence-electron chi connectivity index (χ2n) is 9.81. The maximum Gasteiger partial charge on any atom is 0.335 e. The second-order valence-corrected chi connectivity index (χ2v) is 10.7. The first-order valence-electron chi connectivity index (χ1n) is 13.2. The number of amides is 3. The summed E-state index contributed by atoms with van der Waals surface area (Å²) in [7, 11) is 0. The molecule has 0 radical (unpaired) electrons. The number of hydrogen-bond donors (Lipinski definition) is 3. The third kappa shape index (κ3) is 6.55. The zero-order valence-corrected chi connectivity index (χ0v) is 22.6. The van der Waals surface area contributed by atoms with E-state index in [4.69, 9.17) is 0 Å². The number of carboxylic acids is 1. The summed E-state index contributed by atoms with van der Waals surface area (Å²) in [6.45, 7) is 0.215. The molecule has 2 atom stereocenters. The molecule has 0 fully saturated rings. The molecule has 0 saturated heterocycles. The molecular formula is C31H30N4O4S. The van der Waals surface area contributed by atoms with Crippen LogP contribution in [0.15, 0.2) is 90.4 Å². The van der Waals surface area contributed by atoms with Crippen molar-refractivity contribution in [1.82, 2.24) is 10.3 Å². The van der Waals surface area contributed by atoms with E-state index in [0.29, 0.717) is 23.3 Å². The van der Waals surface area contributed by atoms with E-state index < -0.39 is 12.0 Å². The van der Waals surface area contributed by atoms with Crippen LogP contribution in [0.5, 0.6) is 0 Å². The van der Waals surface area contributed by atoms with Gasteiger partial charge in [0.2, 0.25) is 5.91 Å². The number of aromatic nitrogens is 1. The molecule has 1 aromatic heterocycles. The average molecular weight is 555 g/mol. The van der Waals surface area contributed by atoms with Gasteiger partial charge in [0.1, 0.15) is 0 Å². The highest BCUT2D eigenvalue weighted by Crippen LogP contribution is 2.39. The molecular weight excluding hydrogens is 524 g/mol. The third-order valence-corrected chi connectivity index (χ3v) is 8.04. The molecule has 0 saturated carbocycles. The van der Waals surface area contributed by atoms with Crippen molar-refractivity contribution in [3.63, 3.8) is 0 Å². The third-order valence-electron chi connectivity index (χ3n) is 7.25. The predicted molar refractivity (Wildman–Crippen MR) is 156 cm³/mol. The van der Waals surface area contributed by atoms with Crippen LogP contribution in [-0.2, 0) is 17.6 Å². The average Bonchev–Trinajstić information content (AvgIpc) is 3.51. The SMILES string of the molecule is O=C(NCC(=O)N(C[C@@H]1c2ccccc2CC[C@H]1Cc1ccccc1)c1nccs1)Nc1cccc(C(=O)O)c1. The highest BCUT2D eigenvalue weighted by atomic mass is 32.1. The van der Waals surface area contributed by atoms with Crippen LogP contribution in [0.2, 0.25) is 0 Å². The summed E-state index contributed by atoms with van der Waals surface area (Å²) in [5.41, 5.74) is 4.22. The van der Waals surface area contributed by atoms with Crippen LogP contribution in [0.3, 0.4) is 0 Å². The van der Waals surface area contributed by atoms with Crippen molar-refractivity contribution in [1.29, 1.82) is 0 Å².